The standard InChI is InChI=1S/C20H24N2O5S/c1-13-4-9-17(28-13)20(25)22-12-18(23)27-14(2)19(24)21-11-10-15-5-7-16(26-3)8-6-15/h4-9,14H,10-12H2,1-3H3,(H,21,24)(H,22,25). The van der Waals surface area contributed by atoms with Gasteiger partial charge in [0.25, 0.3) is 11.8 Å². The van der Waals surface area contributed by atoms with Crippen molar-refractivity contribution in [3.05, 3.63) is 51.7 Å². The minimum absolute atomic E-state index is 0.292. The van der Waals surface area contributed by atoms with Gasteiger partial charge in [-0.1, -0.05) is 12.1 Å². The molecule has 1 aromatic heterocycles. The molecule has 2 N–H and O–H groups in total. The zero-order chi connectivity index (χ0) is 20.5. The van der Waals surface area contributed by atoms with Crippen LogP contribution in [0.25, 0.3) is 0 Å². The third kappa shape index (κ3) is 6.70. The maximum atomic E-state index is 12.0. The van der Waals surface area contributed by atoms with Gasteiger partial charge in [-0.2, -0.15) is 0 Å². The molecule has 0 aliphatic heterocycles. The molecule has 1 heterocycles. The average molecular weight is 404 g/mol. The molecule has 0 aliphatic carbocycles. The van der Waals surface area contributed by atoms with Crippen LogP contribution in [0.5, 0.6) is 5.75 Å². The van der Waals surface area contributed by atoms with Gasteiger partial charge in [-0.25, -0.2) is 0 Å². The Kier molecular flexibility index (Phi) is 8.01. The Balaban J connectivity index is 1.67. The number of esters is 1. The second-order valence-corrected chi connectivity index (χ2v) is 7.40. The highest BCUT2D eigenvalue weighted by atomic mass is 32.1. The number of carbonyl (C=O) groups is 3. The molecular weight excluding hydrogens is 380 g/mol. The highest BCUT2D eigenvalue weighted by Gasteiger charge is 2.18. The van der Waals surface area contributed by atoms with Crippen molar-refractivity contribution >= 4 is 29.1 Å². The summed E-state index contributed by atoms with van der Waals surface area (Å²) in [6.45, 7) is 3.51. The zero-order valence-corrected chi connectivity index (χ0v) is 16.9. The Bertz CT molecular complexity index is 816. The molecule has 0 aliphatic rings. The Morgan fingerprint density at radius 1 is 1.07 bits per heavy atom. The van der Waals surface area contributed by atoms with Gasteiger partial charge in [0.1, 0.15) is 12.3 Å². The number of ether oxygens (including phenoxy) is 2. The predicted octanol–water partition coefficient (Wildman–Crippen LogP) is 2.09. The summed E-state index contributed by atoms with van der Waals surface area (Å²) in [6.07, 6.45) is -0.295. The predicted molar refractivity (Wildman–Crippen MR) is 107 cm³/mol. The molecule has 0 spiro atoms. The summed E-state index contributed by atoms with van der Waals surface area (Å²) >= 11 is 1.34. The minimum atomic E-state index is -0.941. The summed E-state index contributed by atoms with van der Waals surface area (Å²) in [5.74, 6) is -0.622. The fourth-order valence-corrected chi connectivity index (χ4v) is 3.14. The number of hydrogen-bond acceptors (Lipinski definition) is 6. The first-order valence-electron chi connectivity index (χ1n) is 8.84. The van der Waals surface area contributed by atoms with Crippen molar-refractivity contribution in [1.82, 2.24) is 10.6 Å². The van der Waals surface area contributed by atoms with Crippen LogP contribution in [0.3, 0.4) is 0 Å². The van der Waals surface area contributed by atoms with E-state index < -0.39 is 12.1 Å². The minimum Gasteiger partial charge on any atom is -0.497 e. The molecule has 8 heteroatoms. The van der Waals surface area contributed by atoms with Crippen LogP contribution in [-0.4, -0.2) is 44.1 Å². The second kappa shape index (κ2) is 10.5. The smallest absolute Gasteiger partial charge is 0.326 e. The molecule has 2 aromatic rings. The second-order valence-electron chi connectivity index (χ2n) is 6.11. The topological polar surface area (TPSA) is 93.7 Å². The van der Waals surface area contributed by atoms with Crippen molar-refractivity contribution in [2.75, 3.05) is 20.2 Å². The number of rotatable bonds is 9. The summed E-state index contributed by atoms with van der Waals surface area (Å²) < 4.78 is 10.2. The zero-order valence-electron chi connectivity index (χ0n) is 16.1. The van der Waals surface area contributed by atoms with Crippen LogP contribution in [0, 0.1) is 6.92 Å². The third-order valence-electron chi connectivity index (χ3n) is 3.91. The molecule has 0 radical (unpaired) electrons. The van der Waals surface area contributed by atoms with E-state index in [1.165, 1.54) is 18.3 Å². The van der Waals surface area contributed by atoms with E-state index in [4.69, 9.17) is 9.47 Å². The summed E-state index contributed by atoms with van der Waals surface area (Å²) in [4.78, 5) is 37.3. The van der Waals surface area contributed by atoms with Crippen LogP contribution in [0.1, 0.15) is 27.0 Å². The number of amides is 2. The van der Waals surface area contributed by atoms with Gasteiger partial charge in [-0.05, 0) is 50.1 Å². The van der Waals surface area contributed by atoms with E-state index >= 15 is 0 Å². The molecule has 0 bridgehead atoms. The first kappa shape index (κ1) is 21.4. The Morgan fingerprint density at radius 2 is 1.79 bits per heavy atom. The summed E-state index contributed by atoms with van der Waals surface area (Å²) in [7, 11) is 1.60. The van der Waals surface area contributed by atoms with E-state index in [0.717, 1.165) is 16.2 Å². The molecule has 7 nitrogen and oxygen atoms in total. The van der Waals surface area contributed by atoms with Gasteiger partial charge in [-0.3, -0.25) is 14.4 Å². The fourth-order valence-electron chi connectivity index (χ4n) is 2.35. The monoisotopic (exact) mass is 404 g/mol. The van der Waals surface area contributed by atoms with Crippen molar-refractivity contribution < 1.29 is 23.9 Å². The lowest BCUT2D eigenvalue weighted by Gasteiger charge is -2.14. The molecule has 1 atom stereocenters. The number of thiophene rings is 1. The van der Waals surface area contributed by atoms with Gasteiger partial charge in [0.05, 0.1) is 12.0 Å². The summed E-state index contributed by atoms with van der Waals surface area (Å²) in [5.41, 5.74) is 1.05. The number of carbonyl (C=O) groups excluding carboxylic acids is 3. The van der Waals surface area contributed by atoms with Gasteiger partial charge in [0.2, 0.25) is 0 Å². The lowest BCUT2D eigenvalue weighted by molar-refractivity contribution is -0.153. The molecule has 0 fully saturated rings. The van der Waals surface area contributed by atoms with Crippen LogP contribution in [-0.2, 0) is 20.7 Å². The molecule has 1 aromatic carbocycles. The van der Waals surface area contributed by atoms with Gasteiger partial charge in [0, 0.05) is 11.4 Å². The van der Waals surface area contributed by atoms with Crippen molar-refractivity contribution in [2.24, 2.45) is 0 Å². The molecule has 1 unspecified atom stereocenters. The summed E-state index contributed by atoms with van der Waals surface area (Å²) in [6, 6.07) is 11.1. The fraction of sp³-hybridized carbons (Fsp3) is 0.350. The van der Waals surface area contributed by atoms with Gasteiger partial charge in [0.15, 0.2) is 6.10 Å². The maximum absolute atomic E-state index is 12.0. The number of methoxy groups -OCH3 is 1. The quantitative estimate of drug-likeness (QED) is 0.624. The number of benzene rings is 1. The number of aryl methyl sites for hydroxylation is 1. The lowest BCUT2D eigenvalue weighted by Crippen LogP contribution is -2.39. The molecule has 2 amide bonds. The normalized spacial score (nSPS) is 11.4. The van der Waals surface area contributed by atoms with E-state index in [-0.39, 0.29) is 18.4 Å². The van der Waals surface area contributed by atoms with Crippen molar-refractivity contribution in [2.45, 2.75) is 26.4 Å². The van der Waals surface area contributed by atoms with Gasteiger partial charge >= 0.3 is 5.97 Å². The molecular formula is C20H24N2O5S. The summed E-state index contributed by atoms with van der Waals surface area (Å²) in [5, 5.41) is 5.21. The van der Waals surface area contributed by atoms with Crippen LogP contribution < -0.4 is 15.4 Å². The Morgan fingerprint density at radius 3 is 2.39 bits per heavy atom. The molecule has 0 saturated carbocycles. The van der Waals surface area contributed by atoms with E-state index in [1.807, 2.05) is 37.3 Å². The van der Waals surface area contributed by atoms with Gasteiger partial charge in [-0.15, -0.1) is 11.3 Å². The molecule has 0 saturated heterocycles. The first-order valence-corrected chi connectivity index (χ1v) is 9.65. The number of nitrogens with one attached hydrogen (secondary N) is 2. The van der Waals surface area contributed by atoms with Crippen LogP contribution >= 0.6 is 11.3 Å². The van der Waals surface area contributed by atoms with Crippen LogP contribution in [0.15, 0.2) is 36.4 Å². The lowest BCUT2D eigenvalue weighted by atomic mass is 10.1. The van der Waals surface area contributed by atoms with Crippen molar-refractivity contribution in [3.8, 4) is 5.75 Å². The van der Waals surface area contributed by atoms with E-state index in [0.29, 0.717) is 17.8 Å². The molecule has 150 valence electrons. The highest BCUT2D eigenvalue weighted by molar-refractivity contribution is 7.13. The first-order chi connectivity index (χ1) is 13.4. The average Bonchev–Trinajstić information content (AvgIpc) is 3.13. The maximum Gasteiger partial charge on any atom is 0.326 e. The molecule has 28 heavy (non-hydrogen) atoms. The third-order valence-corrected chi connectivity index (χ3v) is 4.91. The molecule has 2 rings (SSSR count). The van der Waals surface area contributed by atoms with E-state index in [1.54, 1.807) is 13.2 Å². The van der Waals surface area contributed by atoms with Crippen LogP contribution in [0.4, 0.5) is 0 Å². The van der Waals surface area contributed by atoms with E-state index in [2.05, 4.69) is 10.6 Å². The Labute approximate surface area is 168 Å². The SMILES string of the molecule is COc1ccc(CCNC(=O)C(C)OC(=O)CNC(=O)c2ccc(C)s2)cc1. The largest absolute Gasteiger partial charge is 0.497 e. The van der Waals surface area contributed by atoms with Gasteiger partial charge < -0.3 is 20.1 Å². The Hall–Kier alpha value is -2.87. The highest BCUT2D eigenvalue weighted by Crippen LogP contribution is 2.14. The number of hydrogen-bond donors (Lipinski definition) is 2. The van der Waals surface area contributed by atoms with Crippen molar-refractivity contribution in [1.29, 1.82) is 0 Å². The van der Waals surface area contributed by atoms with Crippen LogP contribution in [0.2, 0.25) is 0 Å². The van der Waals surface area contributed by atoms with E-state index in [9.17, 15) is 14.4 Å². The van der Waals surface area contributed by atoms with Crippen molar-refractivity contribution in [3.63, 3.8) is 0 Å².